The van der Waals surface area contributed by atoms with Crippen LogP contribution in [-0.4, -0.2) is 5.78 Å². The third kappa shape index (κ3) is 1.74. The van der Waals surface area contributed by atoms with Gasteiger partial charge in [-0.25, -0.2) is 4.39 Å². The number of anilines is 1. The average molecular weight is 279 g/mol. The van der Waals surface area contributed by atoms with Gasteiger partial charge in [0.05, 0.1) is 11.3 Å². The SMILES string of the molecule is CC(=O)c1cc(I)cc(N)c1F. The zero-order chi connectivity index (χ0) is 9.30. The van der Waals surface area contributed by atoms with Crippen LogP contribution in [0.5, 0.6) is 0 Å². The quantitative estimate of drug-likeness (QED) is 0.486. The molecule has 0 saturated heterocycles. The fraction of sp³-hybridized carbons (Fsp3) is 0.125. The Labute approximate surface area is 83.1 Å². The molecule has 0 heterocycles. The second kappa shape index (κ2) is 3.38. The summed E-state index contributed by atoms with van der Waals surface area (Å²) in [6.07, 6.45) is 0. The van der Waals surface area contributed by atoms with Gasteiger partial charge in [-0.2, -0.15) is 0 Å². The summed E-state index contributed by atoms with van der Waals surface area (Å²) >= 11 is 1.98. The van der Waals surface area contributed by atoms with Crippen LogP contribution in [0.3, 0.4) is 0 Å². The van der Waals surface area contributed by atoms with Gasteiger partial charge in [-0.1, -0.05) is 0 Å². The smallest absolute Gasteiger partial charge is 0.162 e. The first-order valence-corrected chi connectivity index (χ1v) is 4.35. The van der Waals surface area contributed by atoms with E-state index in [1.807, 2.05) is 22.6 Å². The number of Topliss-reactive ketones (excluding diaryl/α,β-unsaturated/α-hetero) is 1. The molecule has 0 saturated carbocycles. The van der Waals surface area contributed by atoms with E-state index in [9.17, 15) is 9.18 Å². The highest BCUT2D eigenvalue weighted by Gasteiger charge is 2.10. The van der Waals surface area contributed by atoms with Crippen LogP contribution >= 0.6 is 22.6 Å². The molecule has 1 aromatic rings. The van der Waals surface area contributed by atoms with Gasteiger partial charge in [0.2, 0.25) is 0 Å². The van der Waals surface area contributed by atoms with Crippen LogP contribution in [0.4, 0.5) is 10.1 Å². The van der Waals surface area contributed by atoms with E-state index >= 15 is 0 Å². The van der Waals surface area contributed by atoms with Gasteiger partial charge in [-0.15, -0.1) is 0 Å². The Morgan fingerprint density at radius 1 is 1.58 bits per heavy atom. The molecule has 0 radical (unpaired) electrons. The van der Waals surface area contributed by atoms with Crippen molar-refractivity contribution in [3.05, 3.63) is 27.1 Å². The summed E-state index contributed by atoms with van der Waals surface area (Å²) in [6, 6.07) is 2.97. The normalized spacial score (nSPS) is 9.92. The lowest BCUT2D eigenvalue weighted by atomic mass is 10.1. The zero-order valence-electron chi connectivity index (χ0n) is 6.40. The first-order chi connectivity index (χ1) is 5.52. The van der Waals surface area contributed by atoms with Gasteiger partial charge in [0.25, 0.3) is 0 Å². The Balaban J connectivity index is 3.37. The number of carbonyl (C=O) groups is 1. The van der Waals surface area contributed by atoms with Crippen molar-refractivity contribution in [1.82, 2.24) is 0 Å². The van der Waals surface area contributed by atoms with E-state index in [1.165, 1.54) is 19.1 Å². The molecule has 0 aliphatic rings. The number of ketones is 1. The molecule has 64 valence electrons. The predicted octanol–water partition coefficient (Wildman–Crippen LogP) is 2.22. The van der Waals surface area contributed by atoms with Crippen molar-refractivity contribution in [2.24, 2.45) is 0 Å². The molecule has 0 aliphatic carbocycles. The maximum atomic E-state index is 13.1. The molecule has 1 aromatic carbocycles. The monoisotopic (exact) mass is 279 g/mol. The van der Waals surface area contributed by atoms with E-state index in [2.05, 4.69) is 0 Å². The van der Waals surface area contributed by atoms with Crippen LogP contribution in [0.25, 0.3) is 0 Å². The van der Waals surface area contributed by atoms with Gasteiger partial charge >= 0.3 is 0 Å². The first-order valence-electron chi connectivity index (χ1n) is 3.28. The van der Waals surface area contributed by atoms with E-state index in [1.54, 1.807) is 0 Å². The van der Waals surface area contributed by atoms with Crippen molar-refractivity contribution in [1.29, 1.82) is 0 Å². The topological polar surface area (TPSA) is 43.1 Å². The van der Waals surface area contributed by atoms with E-state index < -0.39 is 5.82 Å². The van der Waals surface area contributed by atoms with Gasteiger partial charge in [0.15, 0.2) is 11.6 Å². The third-order valence-electron chi connectivity index (χ3n) is 1.44. The minimum Gasteiger partial charge on any atom is -0.396 e. The van der Waals surface area contributed by atoms with Crippen molar-refractivity contribution in [3.63, 3.8) is 0 Å². The zero-order valence-corrected chi connectivity index (χ0v) is 8.55. The van der Waals surface area contributed by atoms with Crippen LogP contribution in [-0.2, 0) is 0 Å². The van der Waals surface area contributed by atoms with E-state index in [4.69, 9.17) is 5.73 Å². The molecule has 4 heteroatoms. The summed E-state index contributed by atoms with van der Waals surface area (Å²) in [5.74, 6) is -0.930. The maximum Gasteiger partial charge on any atom is 0.162 e. The van der Waals surface area contributed by atoms with Gasteiger partial charge in [-0.3, -0.25) is 4.79 Å². The summed E-state index contributed by atoms with van der Waals surface area (Å²) < 4.78 is 13.8. The maximum absolute atomic E-state index is 13.1. The fourth-order valence-electron chi connectivity index (χ4n) is 0.867. The molecule has 0 unspecified atom stereocenters. The minimum atomic E-state index is -0.622. The van der Waals surface area contributed by atoms with E-state index in [0.717, 1.165) is 3.57 Å². The summed E-state index contributed by atoms with van der Waals surface area (Å²) in [6.45, 7) is 1.31. The lowest BCUT2D eigenvalue weighted by Crippen LogP contribution is -2.02. The molecule has 0 spiro atoms. The molecular weight excluding hydrogens is 272 g/mol. The molecule has 0 fully saturated rings. The van der Waals surface area contributed by atoms with Gasteiger partial charge < -0.3 is 5.73 Å². The van der Waals surface area contributed by atoms with Crippen molar-refractivity contribution >= 4 is 34.1 Å². The summed E-state index contributed by atoms with van der Waals surface area (Å²) in [5.41, 5.74) is 5.40. The number of nitrogen functional groups attached to an aromatic ring is 1. The molecule has 1 rings (SSSR count). The number of halogens is 2. The Kier molecular flexibility index (Phi) is 2.66. The molecule has 12 heavy (non-hydrogen) atoms. The number of rotatable bonds is 1. The standard InChI is InChI=1S/C8H7FINO/c1-4(12)6-2-5(10)3-7(11)8(6)9/h2-3H,11H2,1H3. The van der Waals surface area contributed by atoms with Gasteiger partial charge in [-0.05, 0) is 41.6 Å². The molecular formula is C8H7FINO. The number of hydrogen-bond donors (Lipinski definition) is 1. The summed E-state index contributed by atoms with van der Waals surface area (Å²) in [4.78, 5) is 10.9. The van der Waals surface area contributed by atoms with Crippen LogP contribution < -0.4 is 5.73 Å². The second-order valence-corrected chi connectivity index (χ2v) is 3.66. The Morgan fingerprint density at radius 3 is 2.67 bits per heavy atom. The van der Waals surface area contributed by atoms with Crippen molar-refractivity contribution in [2.75, 3.05) is 5.73 Å². The highest BCUT2D eigenvalue weighted by Crippen LogP contribution is 2.19. The summed E-state index contributed by atoms with van der Waals surface area (Å²) in [7, 11) is 0. The molecule has 0 amide bonds. The largest absolute Gasteiger partial charge is 0.396 e. The van der Waals surface area contributed by atoms with E-state index in [-0.39, 0.29) is 17.0 Å². The first kappa shape index (κ1) is 9.44. The van der Waals surface area contributed by atoms with Crippen LogP contribution in [0.15, 0.2) is 12.1 Å². The molecule has 2 N–H and O–H groups in total. The highest BCUT2D eigenvalue weighted by molar-refractivity contribution is 14.1. The number of hydrogen-bond acceptors (Lipinski definition) is 2. The number of benzene rings is 1. The second-order valence-electron chi connectivity index (χ2n) is 2.41. The molecule has 0 bridgehead atoms. The molecule has 0 aliphatic heterocycles. The van der Waals surface area contributed by atoms with Crippen LogP contribution in [0.1, 0.15) is 17.3 Å². The van der Waals surface area contributed by atoms with Gasteiger partial charge in [0.1, 0.15) is 0 Å². The Morgan fingerprint density at radius 2 is 2.17 bits per heavy atom. The molecule has 2 nitrogen and oxygen atoms in total. The lowest BCUT2D eigenvalue weighted by Gasteiger charge is -2.02. The number of nitrogens with two attached hydrogens (primary N) is 1. The molecule has 0 atom stereocenters. The van der Waals surface area contributed by atoms with E-state index in [0.29, 0.717) is 0 Å². The average Bonchev–Trinajstić information content (AvgIpc) is 1.96. The van der Waals surface area contributed by atoms with Crippen LogP contribution in [0, 0.1) is 9.39 Å². The third-order valence-corrected chi connectivity index (χ3v) is 2.07. The number of carbonyl (C=O) groups excluding carboxylic acids is 1. The predicted molar refractivity (Wildman–Crippen MR) is 53.5 cm³/mol. The Bertz CT molecular complexity index is 338. The summed E-state index contributed by atoms with van der Waals surface area (Å²) in [5, 5.41) is 0. The van der Waals surface area contributed by atoms with Crippen molar-refractivity contribution < 1.29 is 9.18 Å². The molecule has 0 aromatic heterocycles. The van der Waals surface area contributed by atoms with Crippen molar-refractivity contribution in [3.8, 4) is 0 Å². The highest BCUT2D eigenvalue weighted by atomic mass is 127. The lowest BCUT2D eigenvalue weighted by molar-refractivity contribution is 0.101. The minimum absolute atomic E-state index is 0.0205. The fourth-order valence-corrected chi connectivity index (χ4v) is 1.51. The van der Waals surface area contributed by atoms with Gasteiger partial charge in [0, 0.05) is 3.57 Å². The Hall–Kier alpha value is -0.650. The van der Waals surface area contributed by atoms with Crippen LogP contribution in [0.2, 0.25) is 0 Å². The van der Waals surface area contributed by atoms with Crippen molar-refractivity contribution in [2.45, 2.75) is 6.92 Å².